The first-order valence-corrected chi connectivity index (χ1v) is 6.83. The fraction of sp³-hybridized carbons (Fsp3) is 0.267. The lowest BCUT2D eigenvalue weighted by Crippen LogP contribution is -2.04. The van der Waals surface area contributed by atoms with Crippen molar-refractivity contribution in [2.45, 2.75) is 6.92 Å². The Bertz CT molecular complexity index is 631. The van der Waals surface area contributed by atoms with E-state index in [2.05, 4.69) is 0 Å². The van der Waals surface area contributed by atoms with Gasteiger partial charge in [-0.15, -0.1) is 11.3 Å². The lowest BCUT2D eigenvalue weighted by Gasteiger charge is -2.13. The average Bonchev–Trinajstić information content (AvgIpc) is 2.91. The van der Waals surface area contributed by atoms with E-state index in [0.717, 1.165) is 4.88 Å². The third-order valence-corrected chi connectivity index (χ3v) is 3.91. The van der Waals surface area contributed by atoms with Crippen LogP contribution < -0.4 is 14.2 Å². The smallest absolute Gasteiger partial charge is 0.206 e. The van der Waals surface area contributed by atoms with Gasteiger partial charge in [0.2, 0.25) is 5.78 Å². The summed E-state index contributed by atoms with van der Waals surface area (Å²) >= 11 is 1.46. The molecule has 0 amide bonds. The van der Waals surface area contributed by atoms with Crippen LogP contribution in [-0.2, 0) is 0 Å². The van der Waals surface area contributed by atoms with Crippen LogP contribution in [0.1, 0.15) is 20.1 Å². The lowest BCUT2D eigenvalue weighted by atomic mass is 10.1. The highest BCUT2D eigenvalue weighted by molar-refractivity contribution is 7.14. The van der Waals surface area contributed by atoms with E-state index in [4.69, 9.17) is 14.2 Å². The first-order chi connectivity index (χ1) is 9.60. The molecule has 0 fully saturated rings. The Balaban J connectivity index is 2.52. The predicted molar refractivity (Wildman–Crippen MR) is 78.6 cm³/mol. The molecular weight excluding hydrogens is 276 g/mol. The maximum Gasteiger partial charge on any atom is 0.206 e. The molecule has 1 aromatic carbocycles. The van der Waals surface area contributed by atoms with Crippen molar-refractivity contribution in [1.82, 2.24) is 0 Å². The van der Waals surface area contributed by atoms with Crippen molar-refractivity contribution in [3.8, 4) is 17.2 Å². The zero-order valence-corrected chi connectivity index (χ0v) is 12.7. The zero-order chi connectivity index (χ0) is 14.7. The van der Waals surface area contributed by atoms with Crippen LogP contribution in [0.3, 0.4) is 0 Å². The highest BCUT2D eigenvalue weighted by Gasteiger charge is 2.20. The molecular formula is C15H16O4S. The highest BCUT2D eigenvalue weighted by atomic mass is 32.1. The van der Waals surface area contributed by atoms with Gasteiger partial charge in [-0.1, -0.05) is 0 Å². The van der Waals surface area contributed by atoms with Crippen LogP contribution in [0.4, 0.5) is 0 Å². The molecule has 0 saturated carbocycles. The average molecular weight is 292 g/mol. The number of benzene rings is 1. The molecule has 0 spiro atoms. The van der Waals surface area contributed by atoms with Crippen molar-refractivity contribution in [1.29, 1.82) is 0 Å². The highest BCUT2D eigenvalue weighted by Crippen LogP contribution is 2.36. The van der Waals surface area contributed by atoms with Crippen LogP contribution in [0.15, 0.2) is 24.3 Å². The number of rotatable bonds is 5. The summed E-state index contributed by atoms with van der Waals surface area (Å²) in [5.41, 5.74) is 0.465. The Morgan fingerprint density at radius 3 is 2.05 bits per heavy atom. The third kappa shape index (κ3) is 2.63. The van der Waals surface area contributed by atoms with E-state index in [1.807, 2.05) is 19.1 Å². The number of methoxy groups -OCH3 is 3. The summed E-state index contributed by atoms with van der Waals surface area (Å²) < 4.78 is 15.7. The van der Waals surface area contributed by atoms with E-state index in [0.29, 0.717) is 27.7 Å². The van der Waals surface area contributed by atoms with Crippen LogP contribution in [0.2, 0.25) is 0 Å². The molecule has 106 valence electrons. The number of thiophene rings is 1. The molecule has 0 N–H and O–H groups in total. The van der Waals surface area contributed by atoms with Gasteiger partial charge >= 0.3 is 0 Å². The Hall–Kier alpha value is -2.01. The van der Waals surface area contributed by atoms with Gasteiger partial charge in [-0.25, -0.2) is 0 Å². The van der Waals surface area contributed by atoms with Gasteiger partial charge in [0.25, 0.3) is 0 Å². The summed E-state index contributed by atoms with van der Waals surface area (Å²) in [5.74, 6) is 1.42. The first kappa shape index (κ1) is 14.4. The molecule has 2 rings (SSSR count). The van der Waals surface area contributed by atoms with E-state index in [-0.39, 0.29) is 5.78 Å². The van der Waals surface area contributed by atoms with Gasteiger partial charge in [0, 0.05) is 10.9 Å². The van der Waals surface area contributed by atoms with Gasteiger partial charge in [-0.3, -0.25) is 4.79 Å². The maximum absolute atomic E-state index is 12.5. The fourth-order valence-corrected chi connectivity index (χ4v) is 2.72. The summed E-state index contributed by atoms with van der Waals surface area (Å²) in [6, 6.07) is 7.05. The van der Waals surface area contributed by atoms with Gasteiger partial charge < -0.3 is 14.2 Å². The third-order valence-electron chi connectivity index (χ3n) is 2.91. The van der Waals surface area contributed by atoms with Crippen molar-refractivity contribution in [2.24, 2.45) is 0 Å². The molecule has 0 radical (unpaired) electrons. The molecule has 20 heavy (non-hydrogen) atoms. The number of hydrogen-bond acceptors (Lipinski definition) is 5. The number of carbonyl (C=O) groups excluding carboxylic acids is 1. The van der Waals surface area contributed by atoms with E-state index < -0.39 is 0 Å². The van der Waals surface area contributed by atoms with Crippen molar-refractivity contribution >= 4 is 17.1 Å². The van der Waals surface area contributed by atoms with Crippen LogP contribution in [-0.4, -0.2) is 27.1 Å². The summed E-state index contributed by atoms with van der Waals surface area (Å²) in [6.07, 6.45) is 0. The van der Waals surface area contributed by atoms with Gasteiger partial charge in [0.15, 0.2) is 11.5 Å². The SMILES string of the molecule is COc1cc(OC)c(C(=O)c2ccc(C)s2)cc1OC. The second-order valence-electron chi connectivity index (χ2n) is 4.15. The molecule has 4 nitrogen and oxygen atoms in total. The molecule has 0 atom stereocenters. The minimum Gasteiger partial charge on any atom is -0.496 e. The van der Waals surface area contributed by atoms with Gasteiger partial charge in [-0.05, 0) is 25.1 Å². The zero-order valence-electron chi connectivity index (χ0n) is 11.9. The van der Waals surface area contributed by atoms with Crippen molar-refractivity contribution in [2.75, 3.05) is 21.3 Å². The molecule has 1 aromatic heterocycles. The van der Waals surface area contributed by atoms with Gasteiger partial charge in [0.1, 0.15) is 5.75 Å². The Kier molecular flexibility index (Phi) is 4.29. The predicted octanol–water partition coefficient (Wildman–Crippen LogP) is 3.31. The normalized spacial score (nSPS) is 10.2. The summed E-state index contributed by atoms with van der Waals surface area (Å²) in [6.45, 7) is 1.97. The summed E-state index contributed by atoms with van der Waals surface area (Å²) in [7, 11) is 4.60. The minimum absolute atomic E-state index is 0.0825. The molecule has 0 unspecified atom stereocenters. The van der Waals surface area contributed by atoms with Crippen LogP contribution >= 0.6 is 11.3 Å². The topological polar surface area (TPSA) is 44.8 Å². The van der Waals surface area contributed by atoms with Crippen LogP contribution in [0.25, 0.3) is 0 Å². The largest absolute Gasteiger partial charge is 0.496 e. The number of ketones is 1. The Morgan fingerprint density at radius 1 is 0.950 bits per heavy atom. The maximum atomic E-state index is 12.5. The molecule has 0 bridgehead atoms. The van der Waals surface area contributed by atoms with Crippen molar-refractivity contribution < 1.29 is 19.0 Å². The minimum atomic E-state index is -0.0825. The second-order valence-corrected chi connectivity index (χ2v) is 5.43. The van der Waals surface area contributed by atoms with E-state index in [9.17, 15) is 4.79 Å². The molecule has 0 saturated heterocycles. The van der Waals surface area contributed by atoms with Gasteiger partial charge in [-0.2, -0.15) is 0 Å². The molecule has 0 aliphatic heterocycles. The fourth-order valence-electron chi connectivity index (χ4n) is 1.90. The Labute approximate surface area is 121 Å². The second kappa shape index (κ2) is 5.96. The van der Waals surface area contributed by atoms with E-state index in [1.54, 1.807) is 19.2 Å². The van der Waals surface area contributed by atoms with E-state index in [1.165, 1.54) is 25.6 Å². The summed E-state index contributed by atoms with van der Waals surface area (Å²) in [5, 5.41) is 0. The molecule has 5 heteroatoms. The Morgan fingerprint density at radius 2 is 1.55 bits per heavy atom. The molecule has 0 aliphatic carbocycles. The van der Waals surface area contributed by atoms with Gasteiger partial charge in [0.05, 0.1) is 31.8 Å². The lowest BCUT2D eigenvalue weighted by molar-refractivity contribution is 0.103. The quantitative estimate of drug-likeness (QED) is 0.793. The molecule has 0 aliphatic rings. The van der Waals surface area contributed by atoms with E-state index >= 15 is 0 Å². The van der Waals surface area contributed by atoms with Crippen molar-refractivity contribution in [3.05, 3.63) is 39.6 Å². The standard InChI is InChI=1S/C15H16O4S/c1-9-5-6-14(20-9)15(16)10-7-12(18-3)13(19-4)8-11(10)17-2/h5-8H,1-4H3. The van der Waals surface area contributed by atoms with Crippen molar-refractivity contribution in [3.63, 3.8) is 0 Å². The monoisotopic (exact) mass is 292 g/mol. The van der Waals surface area contributed by atoms with Crippen LogP contribution in [0.5, 0.6) is 17.2 Å². The number of aryl methyl sites for hydroxylation is 1. The van der Waals surface area contributed by atoms with Crippen LogP contribution in [0, 0.1) is 6.92 Å². The first-order valence-electron chi connectivity index (χ1n) is 6.01. The summed E-state index contributed by atoms with van der Waals surface area (Å²) in [4.78, 5) is 14.3. The molecule has 1 heterocycles. The molecule has 2 aromatic rings. The number of hydrogen-bond donors (Lipinski definition) is 0. The number of carbonyl (C=O) groups is 1. The number of ether oxygens (including phenoxy) is 3.